The number of benzene rings is 1. The van der Waals surface area contributed by atoms with Gasteiger partial charge in [-0.05, 0) is 31.0 Å². The predicted octanol–water partition coefficient (Wildman–Crippen LogP) is 2.59. The zero-order valence-electron chi connectivity index (χ0n) is 11.9. The first-order valence-corrected chi connectivity index (χ1v) is 7.42. The van der Waals surface area contributed by atoms with Gasteiger partial charge in [-0.1, -0.05) is 29.8 Å². The minimum absolute atomic E-state index is 0.201. The van der Waals surface area contributed by atoms with E-state index in [4.69, 9.17) is 5.73 Å². The number of nitrogens with zero attached hydrogens (tertiary/aromatic N) is 3. The van der Waals surface area contributed by atoms with E-state index in [9.17, 15) is 4.79 Å². The highest BCUT2D eigenvalue weighted by Gasteiger charge is 2.12. The molecule has 0 spiro atoms. The smallest absolute Gasteiger partial charge is 0.258 e. The first-order valence-electron chi connectivity index (χ1n) is 6.63. The molecule has 6 nitrogen and oxygen atoms in total. The summed E-state index contributed by atoms with van der Waals surface area (Å²) < 4.78 is 0.738. The van der Waals surface area contributed by atoms with E-state index in [1.807, 2.05) is 13.8 Å². The van der Waals surface area contributed by atoms with Gasteiger partial charge in [0.1, 0.15) is 0 Å². The van der Waals surface area contributed by atoms with Crippen LogP contribution in [0.3, 0.4) is 0 Å². The van der Waals surface area contributed by atoms with Gasteiger partial charge in [-0.25, -0.2) is 4.98 Å². The topological polar surface area (TPSA) is 93.8 Å². The average Bonchev–Trinajstić information content (AvgIpc) is 2.46. The van der Waals surface area contributed by atoms with Gasteiger partial charge in [-0.2, -0.15) is 0 Å². The van der Waals surface area contributed by atoms with Crippen LogP contribution in [-0.4, -0.2) is 21.1 Å². The fourth-order valence-electron chi connectivity index (χ4n) is 1.91. The highest BCUT2D eigenvalue weighted by molar-refractivity contribution is 9.10. The van der Waals surface area contributed by atoms with E-state index in [1.165, 1.54) is 0 Å². The quantitative estimate of drug-likeness (QED) is 0.827. The third kappa shape index (κ3) is 3.75. The summed E-state index contributed by atoms with van der Waals surface area (Å²) in [6.07, 6.45) is 1.50. The lowest BCUT2D eigenvalue weighted by atomic mass is 10.2. The number of nitrogen functional groups attached to an aromatic ring is 1. The van der Waals surface area contributed by atoms with E-state index in [-0.39, 0.29) is 11.9 Å². The molecule has 0 aliphatic heterocycles. The molecular weight excluding hydrogens is 334 g/mol. The van der Waals surface area contributed by atoms with Crippen molar-refractivity contribution < 1.29 is 4.79 Å². The number of amides is 1. The number of aromatic nitrogens is 3. The van der Waals surface area contributed by atoms with Crippen molar-refractivity contribution in [3.8, 4) is 0 Å². The predicted molar refractivity (Wildman–Crippen MR) is 85.1 cm³/mol. The van der Waals surface area contributed by atoms with Crippen LogP contribution in [-0.2, 0) is 12.8 Å². The van der Waals surface area contributed by atoms with Gasteiger partial charge < -0.3 is 5.73 Å². The van der Waals surface area contributed by atoms with Crippen LogP contribution in [0.1, 0.15) is 35.6 Å². The fraction of sp³-hybridized carbons (Fsp3) is 0.286. The van der Waals surface area contributed by atoms with Crippen LogP contribution in [0.2, 0.25) is 0 Å². The molecule has 0 aliphatic carbocycles. The molecule has 1 amide bonds. The molecule has 0 fully saturated rings. The number of rotatable bonds is 4. The molecule has 0 unspecified atom stereocenters. The Hall–Kier alpha value is -2.02. The number of carbonyl (C=O) groups excluding carboxylic acids is 1. The molecule has 0 saturated heterocycles. The van der Waals surface area contributed by atoms with Gasteiger partial charge in [0.05, 0.1) is 11.4 Å². The van der Waals surface area contributed by atoms with Crippen molar-refractivity contribution in [2.24, 2.45) is 0 Å². The summed E-state index contributed by atoms with van der Waals surface area (Å²) in [6.45, 7) is 3.98. The molecule has 1 heterocycles. The van der Waals surface area contributed by atoms with Crippen LogP contribution < -0.4 is 11.1 Å². The number of anilines is 2. The Bertz CT molecular complexity index is 654. The zero-order valence-corrected chi connectivity index (χ0v) is 13.4. The van der Waals surface area contributed by atoms with Crippen LogP contribution >= 0.6 is 15.9 Å². The number of carbonyl (C=O) groups is 1. The minimum atomic E-state index is -0.323. The standard InChI is InChI=1S/C14H16BrN5O/c1-3-11-12(4-2)19-20-14(17-11)18-13(21)8-5-9(15)7-10(16)6-8/h5-7H,3-4,16H2,1-2H3,(H,17,18,20,21). The molecule has 0 bridgehead atoms. The number of hydrogen-bond donors (Lipinski definition) is 2. The second kappa shape index (κ2) is 6.62. The molecule has 0 saturated carbocycles. The minimum Gasteiger partial charge on any atom is -0.399 e. The van der Waals surface area contributed by atoms with Gasteiger partial charge in [0.25, 0.3) is 5.91 Å². The van der Waals surface area contributed by atoms with Crippen molar-refractivity contribution in [3.63, 3.8) is 0 Å². The molecule has 21 heavy (non-hydrogen) atoms. The van der Waals surface area contributed by atoms with E-state index in [0.717, 1.165) is 28.7 Å². The maximum absolute atomic E-state index is 12.2. The van der Waals surface area contributed by atoms with Gasteiger partial charge in [-0.3, -0.25) is 10.1 Å². The molecule has 1 aromatic carbocycles. The van der Waals surface area contributed by atoms with E-state index in [0.29, 0.717) is 11.3 Å². The summed E-state index contributed by atoms with van der Waals surface area (Å²) in [5.41, 5.74) is 8.35. The summed E-state index contributed by atoms with van der Waals surface area (Å²) in [5.74, 6) is -0.122. The summed E-state index contributed by atoms with van der Waals surface area (Å²) in [5, 5.41) is 10.7. The molecule has 2 rings (SSSR count). The van der Waals surface area contributed by atoms with Crippen LogP contribution in [0, 0.1) is 0 Å². The second-order valence-electron chi connectivity index (χ2n) is 4.46. The van der Waals surface area contributed by atoms with Crippen molar-refractivity contribution >= 4 is 33.5 Å². The second-order valence-corrected chi connectivity index (χ2v) is 5.38. The van der Waals surface area contributed by atoms with Crippen LogP contribution in [0.25, 0.3) is 0 Å². The molecule has 2 aromatic rings. The van der Waals surface area contributed by atoms with Crippen molar-refractivity contribution in [2.75, 3.05) is 11.1 Å². The van der Waals surface area contributed by atoms with Gasteiger partial charge >= 0.3 is 0 Å². The lowest BCUT2D eigenvalue weighted by molar-refractivity contribution is 0.102. The molecule has 1 aromatic heterocycles. The number of halogens is 1. The summed E-state index contributed by atoms with van der Waals surface area (Å²) in [4.78, 5) is 16.5. The molecule has 110 valence electrons. The van der Waals surface area contributed by atoms with Crippen LogP contribution in [0.4, 0.5) is 11.6 Å². The van der Waals surface area contributed by atoms with Gasteiger partial charge in [0.2, 0.25) is 5.95 Å². The lowest BCUT2D eigenvalue weighted by Crippen LogP contribution is -2.16. The maximum Gasteiger partial charge on any atom is 0.258 e. The lowest BCUT2D eigenvalue weighted by Gasteiger charge is -2.07. The van der Waals surface area contributed by atoms with Crippen molar-refractivity contribution in [1.29, 1.82) is 0 Å². The first kappa shape index (κ1) is 15.4. The summed E-state index contributed by atoms with van der Waals surface area (Å²) in [6, 6.07) is 5.00. The van der Waals surface area contributed by atoms with Gasteiger partial charge in [-0.15, -0.1) is 10.2 Å². The van der Waals surface area contributed by atoms with Gasteiger partial charge in [0.15, 0.2) is 0 Å². The molecule has 0 aliphatic rings. The van der Waals surface area contributed by atoms with E-state index in [2.05, 4.69) is 36.4 Å². The third-order valence-corrected chi connectivity index (χ3v) is 3.37. The van der Waals surface area contributed by atoms with Crippen molar-refractivity contribution in [1.82, 2.24) is 15.2 Å². The van der Waals surface area contributed by atoms with Gasteiger partial charge in [0, 0.05) is 15.7 Å². The maximum atomic E-state index is 12.2. The Morgan fingerprint density at radius 3 is 2.52 bits per heavy atom. The Kier molecular flexibility index (Phi) is 4.85. The highest BCUT2D eigenvalue weighted by Crippen LogP contribution is 2.18. The molecular formula is C14H16BrN5O. The number of nitrogens with two attached hydrogens (primary N) is 1. The Morgan fingerprint density at radius 2 is 1.90 bits per heavy atom. The number of nitrogens with one attached hydrogen (secondary N) is 1. The summed E-state index contributed by atoms with van der Waals surface area (Å²) >= 11 is 3.30. The van der Waals surface area contributed by atoms with E-state index < -0.39 is 0 Å². The normalized spacial score (nSPS) is 10.4. The number of hydrogen-bond acceptors (Lipinski definition) is 5. The Labute approximate surface area is 131 Å². The average molecular weight is 350 g/mol. The van der Waals surface area contributed by atoms with E-state index in [1.54, 1.807) is 18.2 Å². The molecule has 0 radical (unpaired) electrons. The fourth-order valence-corrected chi connectivity index (χ4v) is 2.42. The molecule has 7 heteroatoms. The SMILES string of the molecule is CCc1nnc(NC(=O)c2cc(N)cc(Br)c2)nc1CC. The Balaban J connectivity index is 2.23. The summed E-state index contributed by atoms with van der Waals surface area (Å²) in [7, 11) is 0. The zero-order chi connectivity index (χ0) is 15.4. The van der Waals surface area contributed by atoms with Crippen molar-refractivity contribution in [3.05, 3.63) is 39.6 Å². The third-order valence-electron chi connectivity index (χ3n) is 2.92. The first-order chi connectivity index (χ1) is 10.0. The Morgan fingerprint density at radius 1 is 1.19 bits per heavy atom. The van der Waals surface area contributed by atoms with Crippen molar-refractivity contribution in [2.45, 2.75) is 26.7 Å². The largest absolute Gasteiger partial charge is 0.399 e. The van der Waals surface area contributed by atoms with Crippen LogP contribution in [0.15, 0.2) is 22.7 Å². The number of aryl methyl sites for hydroxylation is 2. The highest BCUT2D eigenvalue weighted by atomic mass is 79.9. The molecule has 0 atom stereocenters. The monoisotopic (exact) mass is 349 g/mol. The van der Waals surface area contributed by atoms with Crippen LogP contribution in [0.5, 0.6) is 0 Å². The van der Waals surface area contributed by atoms with E-state index >= 15 is 0 Å². The molecule has 3 N–H and O–H groups in total.